The molecule has 8 nitrogen and oxygen atoms in total. The SMILES string of the molecule is CC(C)OC(=O)c1ccc(NC(=O)COC(=O)CNC(=O)Cc2ccccc2)cc1. The van der Waals surface area contributed by atoms with E-state index in [1.807, 2.05) is 30.3 Å². The molecule has 0 heterocycles. The van der Waals surface area contributed by atoms with Crippen molar-refractivity contribution in [1.82, 2.24) is 5.32 Å². The minimum absolute atomic E-state index is 0.148. The molecule has 158 valence electrons. The lowest BCUT2D eigenvalue weighted by Gasteiger charge is -2.09. The van der Waals surface area contributed by atoms with Crippen molar-refractivity contribution in [3.05, 3.63) is 65.7 Å². The third-order valence-electron chi connectivity index (χ3n) is 3.75. The Labute approximate surface area is 174 Å². The highest BCUT2D eigenvalue weighted by Crippen LogP contribution is 2.11. The van der Waals surface area contributed by atoms with Gasteiger partial charge in [-0.05, 0) is 43.7 Å². The van der Waals surface area contributed by atoms with Crippen molar-refractivity contribution >= 4 is 29.4 Å². The fourth-order valence-electron chi connectivity index (χ4n) is 2.38. The van der Waals surface area contributed by atoms with Crippen LogP contribution in [-0.4, -0.2) is 43.0 Å². The Hall–Kier alpha value is -3.68. The smallest absolute Gasteiger partial charge is 0.338 e. The first kappa shape index (κ1) is 22.6. The summed E-state index contributed by atoms with van der Waals surface area (Å²) in [5.74, 6) is -2.04. The quantitative estimate of drug-likeness (QED) is 0.610. The van der Waals surface area contributed by atoms with Crippen molar-refractivity contribution in [1.29, 1.82) is 0 Å². The molecule has 0 saturated heterocycles. The van der Waals surface area contributed by atoms with Gasteiger partial charge < -0.3 is 20.1 Å². The minimum atomic E-state index is -0.724. The molecule has 0 aromatic heterocycles. The molecule has 2 rings (SSSR count). The van der Waals surface area contributed by atoms with Crippen LogP contribution in [0.25, 0.3) is 0 Å². The molecule has 0 radical (unpaired) electrons. The fourth-order valence-corrected chi connectivity index (χ4v) is 2.38. The van der Waals surface area contributed by atoms with Gasteiger partial charge in [0.1, 0.15) is 6.54 Å². The summed E-state index contributed by atoms with van der Waals surface area (Å²) >= 11 is 0. The van der Waals surface area contributed by atoms with Crippen LogP contribution in [-0.2, 0) is 30.3 Å². The summed E-state index contributed by atoms with van der Waals surface area (Å²) in [6, 6.07) is 15.2. The number of amides is 2. The van der Waals surface area contributed by atoms with Crippen molar-refractivity contribution in [2.24, 2.45) is 0 Å². The van der Waals surface area contributed by atoms with E-state index in [4.69, 9.17) is 9.47 Å². The Balaban J connectivity index is 1.69. The van der Waals surface area contributed by atoms with Gasteiger partial charge in [0.2, 0.25) is 5.91 Å². The number of carbonyl (C=O) groups is 4. The second-order valence-electron chi connectivity index (χ2n) is 6.68. The van der Waals surface area contributed by atoms with Crippen molar-refractivity contribution in [3.63, 3.8) is 0 Å². The molecule has 0 aliphatic carbocycles. The average Bonchev–Trinajstić information content (AvgIpc) is 2.71. The van der Waals surface area contributed by atoms with E-state index < -0.39 is 24.5 Å². The zero-order chi connectivity index (χ0) is 21.9. The third kappa shape index (κ3) is 8.14. The highest BCUT2D eigenvalue weighted by molar-refractivity contribution is 5.94. The van der Waals surface area contributed by atoms with Crippen LogP contribution in [0.15, 0.2) is 54.6 Å². The van der Waals surface area contributed by atoms with Gasteiger partial charge in [-0.1, -0.05) is 30.3 Å². The Kier molecular flexibility index (Phi) is 8.56. The van der Waals surface area contributed by atoms with Gasteiger partial charge in [0.15, 0.2) is 6.61 Å². The molecule has 0 atom stereocenters. The van der Waals surface area contributed by atoms with Crippen LogP contribution in [0.5, 0.6) is 0 Å². The Bertz CT molecular complexity index is 878. The standard InChI is InChI=1S/C22H24N2O6/c1-15(2)30-22(28)17-8-10-18(11-9-17)24-20(26)14-29-21(27)13-23-19(25)12-16-6-4-3-5-7-16/h3-11,15H,12-14H2,1-2H3,(H,23,25)(H,24,26). The maximum absolute atomic E-state index is 11.9. The summed E-state index contributed by atoms with van der Waals surface area (Å²) in [5.41, 5.74) is 1.62. The molecule has 8 heteroatoms. The summed E-state index contributed by atoms with van der Waals surface area (Å²) in [7, 11) is 0. The highest BCUT2D eigenvalue weighted by Gasteiger charge is 2.12. The molecule has 0 fully saturated rings. The molecule has 0 aliphatic heterocycles. The van der Waals surface area contributed by atoms with Gasteiger partial charge >= 0.3 is 11.9 Å². The van der Waals surface area contributed by atoms with E-state index in [9.17, 15) is 19.2 Å². The molecule has 0 aliphatic rings. The van der Waals surface area contributed by atoms with Crippen LogP contribution >= 0.6 is 0 Å². The normalized spacial score (nSPS) is 10.2. The van der Waals surface area contributed by atoms with Crippen molar-refractivity contribution in [2.45, 2.75) is 26.4 Å². The lowest BCUT2D eigenvalue weighted by atomic mass is 10.1. The summed E-state index contributed by atoms with van der Waals surface area (Å²) in [6.07, 6.45) is -0.0790. The van der Waals surface area contributed by atoms with E-state index in [-0.39, 0.29) is 25.0 Å². The summed E-state index contributed by atoms with van der Waals surface area (Å²) in [4.78, 5) is 47.2. The summed E-state index contributed by atoms with van der Waals surface area (Å²) < 4.78 is 9.92. The molecule has 30 heavy (non-hydrogen) atoms. The second kappa shape index (κ2) is 11.4. The number of nitrogens with one attached hydrogen (secondary N) is 2. The van der Waals surface area contributed by atoms with Crippen molar-refractivity contribution in [2.75, 3.05) is 18.5 Å². The van der Waals surface area contributed by atoms with E-state index in [1.165, 1.54) is 12.1 Å². The predicted molar refractivity (Wildman–Crippen MR) is 110 cm³/mol. The van der Waals surface area contributed by atoms with E-state index in [2.05, 4.69) is 10.6 Å². The minimum Gasteiger partial charge on any atom is -0.459 e. The second-order valence-corrected chi connectivity index (χ2v) is 6.68. The maximum atomic E-state index is 11.9. The molecule has 2 aromatic carbocycles. The average molecular weight is 412 g/mol. The van der Waals surface area contributed by atoms with E-state index in [1.54, 1.807) is 26.0 Å². The fraction of sp³-hybridized carbons (Fsp3) is 0.273. The maximum Gasteiger partial charge on any atom is 0.338 e. The zero-order valence-corrected chi connectivity index (χ0v) is 16.8. The van der Waals surface area contributed by atoms with Gasteiger partial charge in [-0.15, -0.1) is 0 Å². The summed E-state index contributed by atoms with van der Waals surface area (Å²) in [6.45, 7) is 2.68. The van der Waals surface area contributed by atoms with E-state index in [0.29, 0.717) is 11.3 Å². The monoisotopic (exact) mass is 412 g/mol. The lowest BCUT2D eigenvalue weighted by molar-refractivity contribution is -0.147. The van der Waals surface area contributed by atoms with Gasteiger partial charge in [0.05, 0.1) is 18.1 Å². The molecule has 0 bridgehead atoms. The number of rotatable bonds is 9. The van der Waals surface area contributed by atoms with Crippen LogP contribution in [0, 0.1) is 0 Å². The van der Waals surface area contributed by atoms with Crippen LogP contribution in [0.1, 0.15) is 29.8 Å². The number of anilines is 1. The number of benzene rings is 2. The first-order valence-corrected chi connectivity index (χ1v) is 9.40. The number of hydrogen-bond acceptors (Lipinski definition) is 6. The number of hydrogen-bond donors (Lipinski definition) is 2. The first-order valence-electron chi connectivity index (χ1n) is 9.40. The molecular weight excluding hydrogens is 388 g/mol. The van der Waals surface area contributed by atoms with Gasteiger partial charge in [0, 0.05) is 5.69 Å². The third-order valence-corrected chi connectivity index (χ3v) is 3.75. The van der Waals surface area contributed by atoms with E-state index >= 15 is 0 Å². The molecule has 2 aromatic rings. The largest absolute Gasteiger partial charge is 0.459 e. The van der Waals surface area contributed by atoms with Crippen molar-refractivity contribution < 1.29 is 28.7 Å². The first-order chi connectivity index (χ1) is 14.3. The Morgan fingerprint density at radius 3 is 2.20 bits per heavy atom. The molecular formula is C22H24N2O6. The van der Waals surface area contributed by atoms with Gasteiger partial charge in [-0.3, -0.25) is 14.4 Å². The van der Waals surface area contributed by atoms with E-state index in [0.717, 1.165) is 5.56 Å². The number of esters is 2. The topological polar surface area (TPSA) is 111 Å². The van der Waals surface area contributed by atoms with Gasteiger partial charge in [-0.2, -0.15) is 0 Å². The van der Waals surface area contributed by atoms with Crippen LogP contribution < -0.4 is 10.6 Å². The van der Waals surface area contributed by atoms with Crippen LogP contribution in [0.3, 0.4) is 0 Å². The van der Waals surface area contributed by atoms with Crippen LogP contribution in [0.4, 0.5) is 5.69 Å². The molecule has 2 N–H and O–H groups in total. The van der Waals surface area contributed by atoms with Gasteiger partial charge in [0.25, 0.3) is 5.91 Å². The Morgan fingerprint density at radius 1 is 0.900 bits per heavy atom. The molecule has 0 spiro atoms. The van der Waals surface area contributed by atoms with Gasteiger partial charge in [-0.25, -0.2) is 4.79 Å². The van der Waals surface area contributed by atoms with Crippen LogP contribution in [0.2, 0.25) is 0 Å². The summed E-state index contributed by atoms with van der Waals surface area (Å²) in [5, 5.41) is 4.99. The molecule has 0 unspecified atom stereocenters. The number of carbonyl (C=O) groups excluding carboxylic acids is 4. The number of ether oxygens (including phenoxy) is 2. The predicted octanol–water partition coefficient (Wildman–Crippen LogP) is 2.09. The zero-order valence-electron chi connectivity index (χ0n) is 16.8. The van der Waals surface area contributed by atoms with Crippen molar-refractivity contribution in [3.8, 4) is 0 Å². The highest BCUT2D eigenvalue weighted by atomic mass is 16.5. The molecule has 0 saturated carbocycles. The Morgan fingerprint density at radius 2 is 1.57 bits per heavy atom. The lowest BCUT2D eigenvalue weighted by Crippen LogP contribution is -2.33. The molecule has 2 amide bonds.